The molecule has 0 amide bonds. The van der Waals surface area contributed by atoms with E-state index in [1.165, 1.54) is 4.57 Å². The first-order chi connectivity index (χ1) is 9.50. The van der Waals surface area contributed by atoms with Crippen LogP contribution in [0.25, 0.3) is 0 Å². The molecular weight excluding hydrogens is 295 g/mol. The summed E-state index contributed by atoms with van der Waals surface area (Å²) in [5.41, 5.74) is 0.944. The zero-order valence-electron chi connectivity index (χ0n) is 11.2. The van der Waals surface area contributed by atoms with Gasteiger partial charge in [-0.15, -0.1) is 0 Å². The van der Waals surface area contributed by atoms with Crippen molar-refractivity contribution < 1.29 is 4.79 Å². The van der Waals surface area contributed by atoms with Crippen LogP contribution in [-0.4, -0.2) is 16.5 Å². The first-order valence-corrected chi connectivity index (χ1v) is 6.96. The van der Waals surface area contributed by atoms with Crippen molar-refractivity contribution in [2.75, 3.05) is 0 Å². The quantitative estimate of drug-likeness (QED) is 0.831. The second-order valence-corrected chi connectivity index (χ2v) is 5.34. The molecule has 3 nitrogen and oxygen atoms in total. The number of rotatable bonds is 2. The summed E-state index contributed by atoms with van der Waals surface area (Å²) in [6.45, 7) is 3.91. The molecule has 0 radical (unpaired) electrons. The number of benzene rings is 1. The molecule has 1 aromatic heterocycles. The van der Waals surface area contributed by atoms with Gasteiger partial charge in [-0.2, -0.15) is 0 Å². The van der Waals surface area contributed by atoms with E-state index < -0.39 is 0 Å². The van der Waals surface area contributed by atoms with E-state index >= 15 is 0 Å². The highest BCUT2D eigenvalue weighted by molar-refractivity contribution is 6.43. The Kier molecular flexibility index (Phi) is 4.63. The van der Waals surface area contributed by atoms with Gasteiger partial charge in [0.1, 0.15) is 5.49 Å². The third-order valence-corrected chi connectivity index (χ3v) is 3.45. The molecule has 5 heteroatoms. The molecule has 0 saturated carbocycles. The minimum Gasteiger partial charge on any atom is -0.268 e. The highest BCUT2D eigenvalue weighted by Crippen LogP contribution is 2.25. The molecule has 104 valence electrons. The molecule has 0 unspecified atom stereocenters. The number of aromatic nitrogens is 1. The van der Waals surface area contributed by atoms with Gasteiger partial charge in [0.15, 0.2) is 0 Å². The number of nitrogens with zero attached hydrogens (tertiary/aromatic N) is 2. The molecule has 1 aromatic carbocycles. The zero-order chi connectivity index (χ0) is 14.7. The number of halogens is 2. The fourth-order valence-corrected chi connectivity index (χ4v) is 2.16. The van der Waals surface area contributed by atoms with Crippen LogP contribution < -0.4 is 5.49 Å². The molecule has 0 saturated heterocycles. The summed E-state index contributed by atoms with van der Waals surface area (Å²) in [7, 11) is 0. The summed E-state index contributed by atoms with van der Waals surface area (Å²) in [6, 6.07) is 10.5. The second kappa shape index (κ2) is 6.25. The SMILES string of the molecule is CC(C)N=c1ccccn1C(=O)c1cccc(Cl)c1Cl. The molecular formula is C15H14Cl2N2O. The zero-order valence-corrected chi connectivity index (χ0v) is 12.7. The summed E-state index contributed by atoms with van der Waals surface area (Å²) < 4.78 is 1.47. The van der Waals surface area contributed by atoms with E-state index in [9.17, 15) is 4.79 Å². The van der Waals surface area contributed by atoms with Crippen LogP contribution in [0.1, 0.15) is 24.2 Å². The topological polar surface area (TPSA) is 34.4 Å². The average molecular weight is 309 g/mol. The van der Waals surface area contributed by atoms with Gasteiger partial charge in [0.2, 0.25) is 0 Å². The third-order valence-electron chi connectivity index (χ3n) is 2.63. The van der Waals surface area contributed by atoms with Crippen molar-refractivity contribution in [3.63, 3.8) is 0 Å². The van der Waals surface area contributed by atoms with Crippen molar-refractivity contribution in [3.05, 3.63) is 63.7 Å². The van der Waals surface area contributed by atoms with E-state index in [4.69, 9.17) is 23.2 Å². The summed E-state index contributed by atoms with van der Waals surface area (Å²) in [5, 5.41) is 0.613. The van der Waals surface area contributed by atoms with Crippen LogP contribution in [0.15, 0.2) is 47.6 Å². The van der Waals surface area contributed by atoms with Gasteiger partial charge in [-0.3, -0.25) is 14.4 Å². The van der Waals surface area contributed by atoms with Crippen LogP contribution in [0.3, 0.4) is 0 Å². The maximum atomic E-state index is 12.6. The molecule has 0 aliphatic rings. The molecule has 2 aromatic rings. The fourth-order valence-electron chi connectivity index (χ4n) is 1.77. The third kappa shape index (κ3) is 3.11. The van der Waals surface area contributed by atoms with Gasteiger partial charge < -0.3 is 0 Å². The second-order valence-electron chi connectivity index (χ2n) is 4.56. The summed E-state index contributed by atoms with van der Waals surface area (Å²) >= 11 is 12.1. The lowest BCUT2D eigenvalue weighted by Gasteiger charge is -2.09. The summed E-state index contributed by atoms with van der Waals surface area (Å²) in [4.78, 5) is 17.0. The van der Waals surface area contributed by atoms with Crippen LogP contribution in [0.2, 0.25) is 10.0 Å². The predicted octanol–water partition coefficient (Wildman–Crippen LogP) is 3.79. The van der Waals surface area contributed by atoms with E-state index in [0.29, 0.717) is 16.1 Å². The summed E-state index contributed by atoms with van der Waals surface area (Å²) in [6.07, 6.45) is 1.67. The monoisotopic (exact) mass is 308 g/mol. The highest BCUT2D eigenvalue weighted by Gasteiger charge is 2.14. The molecule has 0 N–H and O–H groups in total. The van der Waals surface area contributed by atoms with Crippen molar-refractivity contribution in [1.29, 1.82) is 0 Å². The number of carbonyl (C=O) groups is 1. The van der Waals surface area contributed by atoms with E-state index in [1.807, 2.05) is 19.9 Å². The molecule has 2 rings (SSSR count). The standard InChI is InChI=1S/C15H14Cl2N2O/c1-10(2)18-13-8-3-4-9-19(13)15(20)11-6-5-7-12(16)14(11)17/h3-10H,1-2H3. The van der Waals surface area contributed by atoms with Crippen molar-refractivity contribution in [2.24, 2.45) is 4.99 Å². The Hall–Kier alpha value is -1.58. The van der Waals surface area contributed by atoms with Crippen molar-refractivity contribution in [2.45, 2.75) is 19.9 Å². The maximum absolute atomic E-state index is 12.6. The van der Waals surface area contributed by atoms with Gasteiger partial charge in [0, 0.05) is 12.2 Å². The fraction of sp³-hybridized carbons (Fsp3) is 0.200. The number of pyridine rings is 1. The number of hydrogen-bond acceptors (Lipinski definition) is 2. The Bertz CT molecular complexity index is 705. The Balaban J connectivity index is 2.58. The van der Waals surface area contributed by atoms with E-state index in [2.05, 4.69) is 4.99 Å². The van der Waals surface area contributed by atoms with Crippen LogP contribution in [0.5, 0.6) is 0 Å². The van der Waals surface area contributed by atoms with Crippen LogP contribution in [0, 0.1) is 0 Å². The average Bonchev–Trinajstić information content (AvgIpc) is 2.41. The largest absolute Gasteiger partial charge is 0.268 e. The summed E-state index contributed by atoms with van der Waals surface area (Å²) in [5.74, 6) is -0.252. The van der Waals surface area contributed by atoms with Crippen LogP contribution in [0.4, 0.5) is 0 Å². The van der Waals surface area contributed by atoms with Gasteiger partial charge >= 0.3 is 0 Å². The first kappa shape index (κ1) is 14.8. The van der Waals surface area contributed by atoms with Crippen LogP contribution in [-0.2, 0) is 0 Å². The van der Waals surface area contributed by atoms with Crippen molar-refractivity contribution in [1.82, 2.24) is 4.57 Å². The van der Waals surface area contributed by atoms with Crippen LogP contribution >= 0.6 is 23.2 Å². The first-order valence-electron chi connectivity index (χ1n) is 6.21. The van der Waals surface area contributed by atoms with Gasteiger partial charge in [0.05, 0.1) is 15.6 Å². The molecule has 20 heavy (non-hydrogen) atoms. The lowest BCUT2D eigenvalue weighted by atomic mass is 10.2. The van der Waals surface area contributed by atoms with Gasteiger partial charge in [0.25, 0.3) is 5.91 Å². The lowest BCUT2D eigenvalue weighted by Crippen LogP contribution is -2.28. The van der Waals surface area contributed by atoms with E-state index in [1.54, 1.807) is 36.5 Å². The number of hydrogen-bond donors (Lipinski definition) is 0. The Morgan fingerprint density at radius 3 is 2.60 bits per heavy atom. The highest BCUT2D eigenvalue weighted by atomic mass is 35.5. The Labute approximate surface area is 127 Å². The van der Waals surface area contributed by atoms with E-state index in [0.717, 1.165) is 0 Å². The molecule has 0 aliphatic carbocycles. The predicted molar refractivity (Wildman–Crippen MR) is 81.3 cm³/mol. The maximum Gasteiger partial charge on any atom is 0.265 e. The lowest BCUT2D eigenvalue weighted by molar-refractivity contribution is 0.0954. The minimum atomic E-state index is -0.252. The Morgan fingerprint density at radius 1 is 1.15 bits per heavy atom. The van der Waals surface area contributed by atoms with Gasteiger partial charge in [-0.05, 0) is 38.1 Å². The molecule has 0 fully saturated rings. The molecule has 0 bridgehead atoms. The number of carbonyl (C=O) groups excluding carboxylic acids is 1. The molecule has 0 atom stereocenters. The molecule has 1 heterocycles. The van der Waals surface area contributed by atoms with E-state index in [-0.39, 0.29) is 17.0 Å². The van der Waals surface area contributed by atoms with Crippen molar-refractivity contribution in [3.8, 4) is 0 Å². The smallest absolute Gasteiger partial charge is 0.265 e. The van der Waals surface area contributed by atoms with Crippen molar-refractivity contribution >= 4 is 29.1 Å². The molecule has 0 aliphatic heterocycles. The van der Waals surface area contributed by atoms with Gasteiger partial charge in [-0.25, -0.2) is 0 Å². The Morgan fingerprint density at radius 2 is 1.90 bits per heavy atom. The molecule has 0 spiro atoms. The normalized spacial score (nSPS) is 11.9. The minimum absolute atomic E-state index is 0.0892. The van der Waals surface area contributed by atoms with Gasteiger partial charge in [-0.1, -0.05) is 35.3 Å².